The van der Waals surface area contributed by atoms with E-state index >= 15 is 0 Å². The number of rotatable bonds is 3. The van der Waals surface area contributed by atoms with E-state index in [1.54, 1.807) is 24.3 Å². The number of hydrogen-bond donors (Lipinski definition) is 0. The van der Waals surface area contributed by atoms with Crippen molar-refractivity contribution in [1.82, 2.24) is 0 Å². The highest BCUT2D eigenvalue weighted by Gasteiger charge is 2.59. The standard InChI is InChI=1S/C16H14ClNO4S/c17-23(21,22)8-9-1-5-12(6-2-9)18-15(19)13-10-3-4-11(7-10)14(13)16(18)20/h1-6,10-11,13-14H,7-8H2. The molecule has 2 bridgehead atoms. The van der Waals surface area contributed by atoms with Crippen molar-refractivity contribution in [2.24, 2.45) is 23.7 Å². The third kappa shape index (κ3) is 2.32. The van der Waals surface area contributed by atoms with Crippen molar-refractivity contribution in [2.45, 2.75) is 12.2 Å². The maximum absolute atomic E-state index is 12.7. The molecule has 2 fully saturated rings. The van der Waals surface area contributed by atoms with Crippen LogP contribution < -0.4 is 4.90 Å². The molecule has 4 atom stereocenters. The van der Waals surface area contributed by atoms with Crippen molar-refractivity contribution in [1.29, 1.82) is 0 Å². The number of anilines is 1. The van der Waals surface area contributed by atoms with Crippen LogP contribution in [0.3, 0.4) is 0 Å². The van der Waals surface area contributed by atoms with Crippen LogP contribution in [0, 0.1) is 23.7 Å². The third-order valence-electron chi connectivity index (χ3n) is 5.00. The molecule has 0 N–H and O–H groups in total. The molecule has 5 nitrogen and oxygen atoms in total. The van der Waals surface area contributed by atoms with Crippen molar-refractivity contribution in [3.63, 3.8) is 0 Å². The first kappa shape index (κ1) is 14.9. The van der Waals surface area contributed by atoms with E-state index in [1.807, 2.05) is 0 Å². The minimum Gasteiger partial charge on any atom is -0.274 e. The highest BCUT2D eigenvalue weighted by atomic mass is 35.7. The minimum atomic E-state index is -3.63. The van der Waals surface area contributed by atoms with Crippen LogP contribution in [0.2, 0.25) is 0 Å². The van der Waals surface area contributed by atoms with E-state index in [2.05, 4.69) is 12.2 Å². The van der Waals surface area contributed by atoms with Crippen LogP contribution in [-0.4, -0.2) is 20.2 Å². The summed E-state index contributed by atoms with van der Waals surface area (Å²) < 4.78 is 22.2. The van der Waals surface area contributed by atoms with E-state index in [-0.39, 0.29) is 41.2 Å². The summed E-state index contributed by atoms with van der Waals surface area (Å²) in [7, 11) is 1.60. The molecule has 3 aliphatic rings. The minimum absolute atomic E-state index is 0.144. The molecule has 120 valence electrons. The van der Waals surface area contributed by atoms with E-state index in [4.69, 9.17) is 10.7 Å². The first-order chi connectivity index (χ1) is 10.8. The molecule has 7 heteroatoms. The van der Waals surface area contributed by atoms with Gasteiger partial charge in [0.15, 0.2) is 0 Å². The number of amides is 2. The van der Waals surface area contributed by atoms with Crippen molar-refractivity contribution in [2.75, 3.05) is 4.90 Å². The molecule has 0 spiro atoms. The van der Waals surface area contributed by atoms with Crippen molar-refractivity contribution in [3.05, 3.63) is 42.0 Å². The number of hydrogen-bond acceptors (Lipinski definition) is 4. The van der Waals surface area contributed by atoms with E-state index in [0.29, 0.717) is 11.3 Å². The van der Waals surface area contributed by atoms with Crippen molar-refractivity contribution < 1.29 is 18.0 Å². The maximum atomic E-state index is 12.7. The smallest absolute Gasteiger partial charge is 0.238 e. The van der Waals surface area contributed by atoms with Gasteiger partial charge in [0.05, 0.1) is 23.3 Å². The van der Waals surface area contributed by atoms with E-state index < -0.39 is 9.05 Å². The Bertz CT molecular complexity index is 800. The Morgan fingerprint density at radius 3 is 2.00 bits per heavy atom. The molecule has 1 aromatic carbocycles. The van der Waals surface area contributed by atoms with Crippen LogP contribution in [0.5, 0.6) is 0 Å². The Hall–Kier alpha value is -1.66. The molecule has 0 radical (unpaired) electrons. The molecule has 2 amide bonds. The van der Waals surface area contributed by atoms with E-state index in [0.717, 1.165) is 6.42 Å². The number of carbonyl (C=O) groups is 2. The second-order valence-corrected chi connectivity index (χ2v) is 9.14. The zero-order valence-electron chi connectivity index (χ0n) is 12.1. The second kappa shape index (κ2) is 4.92. The predicted octanol–water partition coefficient (Wildman–Crippen LogP) is 2.07. The predicted molar refractivity (Wildman–Crippen MR) is 85.1 cm³/mol. The monoisotopic (exact) mass is 351 g/mol. The number of nitrogens with zero attached hydrogens (tertiary/aromatic N) is 1. The van der Waals surface area contributed by atoms with Crippen LogP contribution in [0.1, 0.15) is 12.0 Å². The summed E-state index contributed by atoms with van der Waals surface area (Å²) >= 11 is 0. The Balaban J connectivity index is 1.62. The lowest BCUT2D eigenvalue weighted by atomic mass is 9.85. The van der Waals surface area contributed by atoms with Crippen molar-refractivity contribution in [3.8, 4) is 0 Å². The zero-order valence-corrected chi connectivity index (χ0v) is 13.6. The van der Waals surface area contributed by atoms with Crippen molar-refractivity contribution >= 4 is 37.2 Å². The van der Waals surface area contributed by atoms with Crippen LogP contribution in [0.15, 0.2) is 36.4 Å². The molecule has 1 saturated carbocycles. The third-order valence-corrected chi connectivity index (χ3v) is 6.01. The normalized spacial score (nSPS) is 32.0. The fourth-order valence-electron chi connectivity index (χ4n) is 4.10. The van der Waals surface area contributed by atoms with E-state index in [1.165, 1.54) is 4.90 Å². The Morgan fingerprint density at radius 1 is 1.00 bits per heavy atom. The highest BCUT2D eigenvalue weighted by Crippen LogP contribution is 2.53. The van der Waals surface area contributed by atoms with Gasteiger partial charge >= 0.3 is 0 Å². The number of carbonyl (C=O) groups excluding carboxylic acids is 2. The Kier molecular flexibility index (Phi) is 3.19. The lowest BCUT2D eigenvalue weighted by Gasteiger charge is -2.17. The first-order valence-electron chi connectivity index (χ1n) is 7.42. The van der Waals surface area contributed by atoms with Gasteiger partial charge in [0.2, 0.25) is 20.9 Å². The summed E-state index contributed by atoms with van der Waals surface area (Å²) in [6.07, 6.45) is 5.00. The topological polar surface area (TPSA) is 71.5 Å². The van der Waals surface area contributed by atoms with Gasteiger partial charge in [-0.05, 0) is 36.0 Å². The molecule has 1 aliphatic heterocycles. The lowest BCUT2D eigenvalue weighted by molar-refractivity contribution is -0.123. The molecular formula is C16H14ClNO4S. The van der Waals surface area contributed by atoms with Gasteiger partial charge in [-0.2, -0.15) is 0 Å². The van der Waals surface area contributed by atoms with Gasteiger partial charge in [-0.15, -0.1) is 0 Å². The molecule has 1 saturated heterocycles. The number of halogens is 1. The molecule has 4 unspecified atom stereocenters. The molecule has 4 rings (SSSR count). The summed E-state index contributed by atoms with van der Waals surface area (Å²) in [5.41, 5.74) is 1.01. The average Bonchev–Trinajstić information content (AvgIpc) is 3.13. The largest absolute Gasteiger partial charge is 0.274 e. The Labute approximate surface area is 138 Å². The van der Waals surface area contributed by atoms with Crippen LogP contribution >= 0.6 is 10.7 Å². The quantitative estimate of drug-likeness (QED) is 0.475. The zero-order chi connectivity index (χ0) is 16.4. The van der Waals surface area contributed by atoms with Crippen LogP contribution in [0.25, 0.3) is 0 Å². The van der Waals surface area contributed by atoms with Gasteiger partial charge in [-0.25, -0.2) is 8.42 Å². The maximum Gasteiger partial charge on any atom is 0.238 e. The Morgan fingerprint density at radius 2 is 1.52 bits per heavy atom. The van der Waals surface area contributed by atoms with Gasteiger partial charge in [-0.1, -0.05) is 24.3 Å². The molecule has 23 heavy (non-hydrogen) atoms. The molecule has 2 aliphatic carbocycles. The summed E-state index contributed by atoms with van der Waals surface area (Å²) in [5, 5.41) is 0. The highest BCUT2D eigenvalue weighted by molar-refractivity contribution is 8.13. The lowest BCUT2D eigenvalue weighted by Crippen LogP contribution is -2.32. The first-order valence-corrected chi connectivity index (χ1v) is 9.90. The van der Waals surface area contributed by atoms with Gasteiger partial charge in [0.25, 0.3) is 0 Å². The fourth-order valence-corrected chi connectivity index (χ4v) is 5.07. The van der Waals surface area contributed by atoms with Crippen LogP contribution in [0.4, 0.5) is 5.69 Å². The van der Waals surface area contributed by atoms with Gasteiger partial charge in [-0.3, -0.25) is 14.5 Å². The van der Waals surface area contributed by atoms with Gasteiger partial charge in [0, 0.05) is 10.7 Å². The summed E-state index contributed by atoms with van der Waals surface area (Å²) in [6.45, 7) is 0. The van der Waals surface area contributed by atoms with Gasteiger partial charge < -0.3 is 0 Å². The summed E-state index contributed by atoms with van der Waals surface area (Å²) in [6, 6.07) is 6.36. The molecule has 1 heterocycles. The summed E-state index contributed by atoms with van der Waals surface area (Å²) in [5.74, 6) is -0.695. The average molecular weight is 352 g/mol. The second-order valence-electron chi connectivity index (χ2n) is 6.36. The number of fused-ring (bicyclic) bond motifs is 5. The van der Waals surface area contributed by atoms with Crippen LogP contribution in [-0.2, 0) is 24.4 Å². The SMILES string of the molecule is O=C1C2C3C=CC(C3)C2C(=O)N1c1ccc(CS(=O)(=O)Cl)cc1. The van der Waals surface area contributed by atoms with E-state index in [9.17, 15) is 18.0 Å². The number of benzene rings is 1. The summed E-state index contributed by atoms with van der Waals surface area (Å²) in [4.78, 5) is 26.6. The molecular weight excluding hydrogens is 338 g/mol. The fraction of sp³-hybridized carbons (Fsp3) is 0.375. The molecule has 1 aromatic rings. The number of imide groups is 1. The molecule has 0 aromatic heterocycles. The van der Waals surface area contributed by atoms with Gasteiger partial charge in [0.1, 0.15) is 0 Å². The number of allylic oxidation sites excluding steroid dienone is 2.